The van der Waals surface area contributed by atoms with Crippen molar-refractivity contribution in [3.05, 3.63) is 46.0 Å². The van der Waals surface area contributed by atoms with Crippen LogP contribution in [0, 0.1) is 20.8 Å². The van der Waals surface area contributed by atoms with Crippen LogP contribution < -0.4 is 4.72 Å². The number of rotatable bonds is 5. The molecule has 0 saturated carbocycles. The molecule has 0 unspecified atom stereocenters. The summed E-state index contributed by atoms with van der Waals surface area (Å²) in [5, 5.41) is 4.18. The van der Waals surface area contributed by atoms with E-state index >= 15 is 0 Å². The number of hydrogen-bond acceptors (Lipinski definition) is 5. The Morgan fingerprint density at radius 3 is 2.58 bits per heavy atom. The van der Waals surface area contributed by atoms with E-state index in [2.05, 4.69) is 19.8 Å². The van der Waals surface area contributed by atoms with Crippen LogP contribution in [0.1, 0.15) is 29.7 Å². The molecule has 9 heteroatoms. The van der Waals surface area contributed by atoms with E-state index in [0.717, 1.165) is 5.56 Å². The van der Waals surface area contributed by atoms with Crippen molar-refractivity contribution < 1.29 is 12.9 Å². The van der Waals surface area contributed by atoms with Gasteiger partial charge in [0, 0.05) is 17.8 Å². The Labute approximate surface area is 156 Å². The van der Waals surface area contributed by atoms with Crippen LogP contribution in [0.25, 0.3) is 11.5 Å². The van der Waals surface area contributed by atoms with Gasteiger partial charge in [0.25, 0.3) is 15.9 Å². The summed E-state index contributed by atoms with van der Waals surface area (Å²) in [7, 11) is -3.93. The topological polar surface area (TPSA) is 101 Å². The van der Waals surface area contributed by atoms with Gasteiger partial charge < -0.3 is 9.51 Å². The first-order valence-electron chi connectivity index (χ1n) is 8.04. The number of benzene rings is 1. The van der Waals surface area contributed by atoms with Gasteiger partial charge in [0.15, 0.2) is 5.82 Å². The van der Waals surface area contributed by atoms with Crippen LogP contribution in [-0.2, 0) is 16.4 Å². The number of anilines is 1. The minimum atomic E-state index is -3.93. The Morgan fingerprint density at radius 1 is 1.23 bits per heavy atom. The number of hydrogen-bond donors (Lipinski definition) is 2. The van der Waals surface area contributed by atoms with E-state index in [0.29, 0.717) is 39.9 Å². The van der Waals surface area contributed by atoms with Crippen LogP contribution in [0.15, 0.2) is 27.6 Å². The maximum Gasteiger partial charge on any atom is 0.264 e. The van der Waals surface area contributed by atoms with Gasteiger partial charge in [-0.3, -0.25) is 4.72 Å². The minimum Gasteiger partial charge on any atom is -0.361 e. The fourth-order valence-corrected chi connectivity index (χ4v) is 4.62. The Balaban J connectivity index is 2.10. The first-order chi connectivity index (χ1) is 12.2. The summed E-state index contributed by atoms with van der Waals surface area (Å²) in [6, 6.07) is 5.11. The van der Waals surface area contributed by atoms with Gasteiger partial charge in [-0.2, -0.15) is 4.98 Å². The summed E-state index contributed by atoms with van der Waals surface area (Å²) >= 11 is 6.17. The Bertz CT molecular complexity index is 1070. The number of sulfonamides is 1. The molecule has 0 aliphatic heterocycles. The van der Waals surface area contributed by atoms with Crippen molar-refractivity contribution in [1.82, 2.24) is 15.1 Å². The lowest BCUT2D eigenvalue weighted by Crippen LogP contribution is -2.15. The van der Waals surface area contributed by atoms with Gasteiger partial charge in [-0.1, -0.05) is 29.7 Å². The zero-order valence-electron chi connectivity index (χ0n) is 14.8. The molecule has 0 aliphatic carbocycles. The van der Waals surface area contributed by atoms with Crippen LogP contribution >= 0.6 is 11.6 Å². The van der Waals surface area contributed by atoms with Gasteiger partial charge >= 0.3 is 0 Å². The van der Waals surface area contributed by atoms with Gasteiger partial charge in [0.2, 0.25) is 0 Å². The number of nitrogens with zero attached hydrogens (tertiary/aromatic N) is 2. The number of nitrogens with one attached hydrogen (secondary N) is 2. The van der Waals surface area contributed by atoms with Gasteiger partial charge in [0.05, 0.1) is 16.3 Å². The van der Waals surface area contributed by atoms with Crippen molar-refractivity contribution in [3.8, 4) is 11.5 Å². The van der Waals surface area contributed by atoms with E-state index in [9.17, 15) is 8.42 Å². The monoisotopic (exact) mass is 394 g/mol. The molecule has 3 aromatic rings. The van der Waals surface area contributed by atoms with Crippen LogP contribution in [0.2, 0.25) is 5.02 Å². The van der Waals surface area contributed by atoms with E-state index in [4.69, 9.17) is 16.1 Å². The number of H-pyrrole nitrogens is 1. The third kappa shape index (κ3) is 3.34. The van der Waals surface area contributed by atoms with Gasteiger partial charge in [-0.15, -0.1) is 0 Å². The SMILES string of the molecule is CCc1noc(-c2c(C)[nH]c(C)c2S(=O)(=O)Nc2ccc(C)cc2Cl)n1. The Kier molecular flexibility index (Phi) is 4.81. The molecular formula is C17H19ClN4O3S. The van der Waals surface area contributed by atoms with Gasteiger partial charge in [-0.05, 0) is 38.5 Å². The molecule has 0 aliphatic rings. The smallest absolute Gasteiger partial charge is 0.264 e. The highest BCUT2D eigenvalue weighted by molar-refractivity contribution is 7.93. The van der Waals surface area contributed by atoms with Crippen LogP contribution in [0.4, 0.5) is 5.69 Å². The molecule has 0 fully saturated rings. The third-order valence-corrected chi connectivity index (χ3v) is 5.80. The second-order valence-electron chi connectivity index (χ2n) is 6.04. The normalized spacial score (nSPS) is 11.7. The quantitative estimate of drug-likeness (QED) is 0.680. The molecule has 3 rings (SSSR count). The predicted molar refractivity (Wildman–Crippen MR) is 99.9 cm³/mol. The van der Waals surface area contributed by atoms with Crippen LogP contribution in [0.3, 0.4) is 0 Å². The minimum absolute atomic E-state index is 0.0675. The zero-order valence-corrected chi connectivity index (χ0v) is 16.4. The molecule has 2 N–H and O–H groups in total. The predicted octanol–water partition coefficient (Wildman–Crippen LogP) is 4.01. The molecular weight excluding hydrogens is 376 g/mol. The Morgan fingerprint density at radius 2 is 1.96 bits per heavy atom. The van der Waals surface area contributed by atoms with Crippen molar-refractivity contribution in [1.29, 1.82) is 0 Å². The molecule has 0 atom stereocenters. The van der Waals surface area contributed by atoms with Crippen LogP contribution in [-0.4, -0.2) is 23.5 Å². The molecule has 1 aromatic carbocycles. The standard InChI is InChI=1S/C17H19ClN4O3S/c1-5-14-20-17(25-21-14)15-10(3)19-11(4)16(15)26(23,24)22-13-7-6-9(2)8-12(13)18/h6-8,19,22H,5H2,1-4H3. The fourth-order valence-electron chi connectivity index (χ4n) is 2.75. The average Bonchev–Trinajstić information content (AvgIpc) is 3.13. The summed E-state index contributed by atoms with van der Waals surface area (Å²) in [5.74, 6) is 0.676. The van der Waals surface area contributed by atoms with E-state index in [1.165, 1.54) is 0 Å². The summed E-state index contributed by atoms with van der Waals surface area (Å²) in [6.45, 7) is 7.21. The van der Waals surface area contributed by atoms with Crippen molar-refractivity contribution in [2.24, 2.45) is 0 Å². The van der Waals surface area contributed by atoms with Crippen molar-refractivity contribution in [2.45, 2.75) is 39.0 Å². The lowest BCUT2D eigenvalue weighted by Gasteiger charge is -2.11. The summed E-state index contributed by atoms with van der Waals surface area (Å²) < 4.78 is 33.9. The van der Waals surface area contributed by atoms with Crippen molar-refractivity contribution in [3.63, 3.8) is 0 Å². The molecule has 0 bridgehead atoms. The van der Waals surface area contributed by atoms with E-state index in [-0.39, 0.29) is 10.8 Å². The van der Waals surface area contributed by atoms with Gasteiger partial charge in [-0.25, -0.2) is 8.42 Å². The van der Waals surface area contributed by atoms with Crippen molar-refractivity contribution >= 4 is 27.3 Å². The third-order valence-electron chi connectivity index (χ3n) is 3.95. The molecule has 138 valence electrons. The van der Waals surface area contributed by atoms with Gasteiger partial charge in [0.1, 0.15) is 4.90 Å². The second-order valence-corrected chi connectivity index (χ2v) is 8.06. The number of aromatic amines is 1. The first kappa shape index (κ1) is 18.5. The number of aryl methyl sites for hydroxylation is 4. The van der Waals surface area contributed by atoms with E-state index < -0.39 is 10.0 Å². The Hall–Kier alpha value is -2.32. The molecule has 0 radical (unpaired) electrons. The highest BCUT2D eigenvalue weighted by Gasteiger charge is 2.29. The second kappa shape index (κ2) is 6.77. The summed E-state index contributed by atoms with van der Waals surface area (Å²) in [6.07, 6.45) is 0.589. The zero-order chi connectivity index (χ0) is 19.1. The molecule has 0 spiro atoms. The largest absolute Gasteiger partial charge is 0.361 e. The molecule has 2 heterocycles. The summed E-state index contributed by atoms with van der Waals surface area (Å²) in [4.78, 5) is 7.37. The van der Waals surface area contributed by atoms with Crippen molar-refractivity contribution in [2.75, 3.05) is 4.72 Å². The van der Waals surface area contributed by atoms with Crippen LogP contribution in [0.5, 0.6) is 0 Å². The number of aromatic nitrogens is 3. The highest BCUT2D eigenvalue weighted by atomic mass is 35.5. The first-order valence-corrected chi connectivity index (χ1v) is 9.90. The molecule has 2 aromatic heterocycles. The number of halogens is 1. The lowest BCUT2D eigenvalue weighted by atomic mass is 10.2. The average molecular weight is 395 g/mol. The molecule has 0 amide bonds. The summed E-state index contributed by atoms with van der Waals surface area (Å²) in [5.41, 5.74) is 2.71. The molecule has 7 nitrogen and oxygen atoms in total. The maximum atomic E-state index is 13.1. The molecule has 0 saturated heterocycles. The van der Waals surface area contributed by atoms with E-state index in [1.807, 2.05) is 13.8 Å². The maximum absolute atomic E-state index is 13.1. The van der Waals surface area contributed by atoms with E-state index in [1.54, 1.807) is 32.0 Å². The lowest BCUT2D eigenvalue weighted by molar-refractivity contribution is 0.422. The molecule has 26 heavy (non-hydrogen) atoms. The highest BCUT2D eigenvalue weighted by Crippen LogP contribution is 2.34. The fraction of sp³-hybridized carbons (Fsp3) is 0.294.